The number of ether oxygens (including phenoxy) is 2. The second-order valence-electron chi connectivity index (χ2n) is 5.94. The smallest absolute Gasteiger partial charge is 0.299 e. The molecular formula is C16H16FNO8S. The molecule has 1 aliphatic heterocycles. The fourth-order valence-corrected chi connectivity index (χ4v) is 3.78. The Kier molecular flexibility index (Phi) is 4.93. The molecule has 4 N–H and O–H groups in total. The third-order valence-electron chi connectivity index (χ3n) is 4.14. The molecule has 1 aromatic heterocycles. The van der Waals surface area contributed by atoms with Gasteiger partial charge in [0.05, 0.1) is 0 Å². The third kappa shape index (κ3) is 3.40. The van der Waals surface area contributed by atoms with Crippen molar-refractivity contribution in [3.63, 3.8) is 0 Å². The SMILES string of the molecule is O=S(=O)(O)C1O[C@@H](Oc2ccccc2)[C@@](O)(F)[C@@H](O)[C@@]1(O)c1ccncc1. The fraction of sp³-hybridized carbons (Fsp3) is 0.312. The molecule has 2 heterocycles. The standard InChI is InChI=1S/C16H16FNO8S/c17-16(21)12(19)15(20,10-6-8-18-9-7-10)14(27(22,23)24)26-13(16)25-11-4-2-1-3-5-11/h1-9,12-14,19-21H,(H,22,23,24)/t12-,13+,14?,15-,16+/m0/s1. The minimum absolute atomic E-state index is 0.0192. The molecule has 0 aliphatic carbocycles. The molecule has 1 saturated heterocycles. The van der Waals surface area contributed by atoms with Crippen LogP contribution in [0.15, 0.2) is 54.9 Å². The van der Waals surface area contributed by atoms with Crippen LogP contribution in [0.2, 0.25) is 0 Å². The van der Waals surface area contributed by atoms with Gasteiger partial charge in [-0.3, -0.25) is 9.54 Å². The highest BCUT2D eigenvalue weighted by Gasteiger charge is 2.68. The number of hydrogen-bond donors (Lipinski definition) is 4. The van der Waals surface area contributed by atoms with E-state index in [0.717, 1.165) is 24.5 Å². The van der Waals surface area contributed by atoms with Crippen molar-refractivity contribution in [1.82, 2.24) is 4.98 Å². The van der Waals surface area contributed by atoms with Gasteiger partial charge in [0.1, 0.15) is 5.75 Å². The molecular weight excluding hydrogens is 385 g/mol. The maximum Gasteiger partial charge on any atom is 0.299 e. The number of aromatic nitrogens is 1. The molecule has 5 atom stereocenters. The fourth-order valence-electron chi connectivity index (χ4n) is 2.82. The molecule has 146 valence electrons. The summed E-state index contributed by atoms with van der Waals surface area (Å²) in [5.41, 5.74) is -5.98. The van der Waals surface area contributed by atoms with Crippen LogP contribution in [-0.4, -0.2) is 57.0 Å². The summed E-state index contributed by atoms with van der Waals surface area (Å²) in [6.07, 6.45) is -2.87. The van der Waals surface area contributed by atoms with Crippen LogP contribution in [0, 0.1) is 0 Å². The van der Waals surface area contributed by atoms with Crippen LogP contribution >= 0.6 is 0 Å². The average Bonchev–Trinajstić information content (AvgIpc) is 2.63. The monoisotopic (exact) mass is 401 g/mol. The zero-order chi connectivity index (χ0) is 19.9. The molecule has 3 rings (SSSR count). The van der Waals surface area contributed by atoms with E-state index in [9.17, 15) is 32.7 Å². The van der Waals surface area contributed by atoms with E-state index in [2.05, 4.69) is 4.98 Å². The van der Waals surface area contributed by atoms with Gasteiger partial charge in [-0.15, -0.1) is 0 Å². The topological polar surface area (TPSA) is 146 Å². The van der Waals surface area contributed by atoms with Crippen LogP contribution in [0.1, 0.15) is 5.56 Å². The Bertz CT molecular complexity index is 895. The van der Waals surface area contributed by atoms with Crippen molar-refractivity contribution >= 4 is 10.1 Å². The maximum absolute atomic E-state index is 15.0. The number of benzene rings is 1. The van der Waals surface area contributed by atoms with Gasteiger partial charge in [0.25, 0.3) is 22.3 Å². The first kappa shape index (κ1) is 19.6. The number of rotatable bonds is 4. The Morgan fingerprint density at radius 3 is 2.26 bits per heavy atom. The van der Waals surface area contributed by atoms with Crippen molar-refractivity contribution < 1.29 is 42.2 Å². The van der Waals surface area contributed by atoms with Gasteiger partial charge >= 0.3 is 0 Å². The Morgan fingerprint density at radius 1 is 1.11 bits per heavy atom. The van der Waals surface area contributed by atoms with Crippen LogP contribution in [0.5, 0.6) is 5.75 Å². The van der Waals surface area contributed by atoms with Crippen LogP contribution in [0.4, 0.5) is 4.39 Å². The second kappa shape index (κ2) is 6.78. The molecule has 0 radical (unpaired) electrons. The molecule has 1 aliphatic rings. The van der Waals surface area contributed by atoms with Gasteiger partial charge in [0.2, 0.25) is 5.44 Å². The zero-order valence-corrected chi connectivity index (χ0v) is 14.4. The number of hydrogen-bond acceptors (Lipinski definition) is 8. The predicted molar refractivity (Wildman–Crippen MR) is 87.5 cm³/mol. The summed E-state index contributed by atoms with van der Waals surface area (Å²) >= 11 is 0. The molecule has 9 nitrogen and oxygen atoms in total. The lowest BCUT2D eigenvalue weighted by atomic mass is 9.83. The number of aliphatic hydroxyl groups is 3. The van der Waals surface area contributed by atoms with E-state index in [1.165, 1.54) is 24.3 Å². The summed E-state index contributed by atoms with van der Waals surface area (Å²) in [7, 11) is -5.20. The summed E-state index contributed by atoms with van der Waals surface area (Å²) in [6, 6.07) is 9.50. The van der Waals surface area contributed by atoms with Crippen molar-refractivity contribution in [2.45, 2.75) is 29.3 Å². The summed E-state index contributed by atoms with van der Waals surface area (Å²) in [5, 5.41) is 31.3. The molecule has 0 amide bonds. The lowest BCUT2D eigenvalue weighted by Gasteiger charge is -2.48. The summed E-state index contributed by atoms with van der Waals surface area (Å²) in [4.78, 5) is 3.66. The van der Waals surface area contributed by atoms with E-state index in [1.54, 1.807) is 6.07 Å². The summed E-state index contributed by atoms with van der Waals surface area (Å²) in [5.74, 6) is -3.76. The summed E-state index contributed by atoms with van der Waals surface area (Å²) < 4.78 is 58.1. The van der Waals surface area contributed by atoms with Crippen LogP contribution in [0.25, 0.3) is 0 Å². The van der Waals surface area contributed by atoms with Crippen LogP contribution in [-0.2, 0) is 20.5 Å². The molecule has 11 heteroatoms. The quantitative estimate of drug-likeness (QED) is 0.517. The number of alkyl halides is 1. The normalized spacial score (nSPS) is 34.2. The predicted octanol–water partition coefficient (Wildman–Crippen LogP) is -0.0626. The Morgan fingerprint density at radius 2 is 1.70 bits per heavy atom. The van der Waals surface area contributed by atoms with E-state index >= 15 is 0 Å². The van der Waals surface area contributed by atoms with E-state index in [1.807, 2.05) is 0 Å². The molecule has 2 aromatic rings. The highest BCUT2D eigenvalue weighted by molar-refractivity contribution is 7.86. The van der Waals surface area contributed by atoms with Gasteiger partial charge in [-0.1, -0.05) is 18.2 Å². The molecule has 1 aromatic carbocycles. The van der Waals surface area contributed by atoms with Gasteiger partial charge in [-0.25, -0.2) is 4.39 Å². The largest absolute Gasteiger partial charge is 0.459 e. The van der Waals surface area contributed by atoms with Crippen molar-refractivity contribution in [1.29, 1.82) is 0 Å². The molecule has 0 spiro atoms. The minimum atomic E-state index is -5.20. The van der Waals surface area contributed by atoms with Gasteiger partial charge in [0, 0.05) is 12.4 Å². The van der Waals surface area contributed by atoms with Crippen LogP contribution in [0.3, 0.4) is 0 Å². The first-order valence-electron chi connectivity index (χ1n) is 7.63. The van der Waals surface area contributed by atoms with Crippen molar-refractivity contribution in [3.8, 4) is 5.75 Å². The Balaban J connectivity index is 2.08. The maximum atomic E-state index is 15.0. The molecule has 1 fully saturated rings. The number of nitrogens with zero attached hydrogens (tertiary/aromatic N) is 1. The van der Waals surface area contributed by atoms with E-state index in [-0.39, 0.29) is 11.3 Å². The zero-order valence-electron chi connectivity index (χ0n) is 13.6. The lowest BCUT2D eigenvalue weighted by Crippen LogP contribution is -2.71. The van der Waals surface area contributed by atoms with Gasteiger partial charge in [-0.2, -0.15) is 8.42 Å². The number of para-hydroxylation sites is 1. The Hall–Kier alpha value is -2.15. The van der Waals surface area contributed by atoms with Crippen molar-refractivity contribution in [2.24, 2.45) is 0 Å². The van der Waals surface area contributed by atoms with Gasteiger partial charge in [0.15, 0.2) is 11.7 Å². The number of aliphatic hydroxyl groups excluding tert-OH is 1. The van der Waals surface area contributed by atoms with E-state index in [4.69, 9.17) is 9.47 Å². The lowest BCUT2D eigenvalue weighted by molar-refractivity contribution is -0.376. The third-order valence-corrected chi connectivity index (χ3v) is 5.15. The van der Waals surface area contributed by atoms with E-state index < -0.39 is 39.4 Å². The number of pyridine rings is 1. The summed E-state index contributed by atoms with van der Waals surface area (Å²) in [6.45, 7) is 0. The highest BCUT2D eigenvalue weighted by Crippen LogP contribution is 2.45. The number of halogens is 1. The van der Waals surface area contributed by atoms with Crippen molar-refractivity contribution in [2.75, 3.05) is 0 Å². The molecule has 27 heavy (non-hydrogen) atoms. The average molecular weight is 401 g/mol. The Labute approximate surface area is 153 Å². The van der Waals surface area contributed by atoms with Gasteiger partial charge in [-0.05, 0) is 29.8 Å². The van der Waals surface area contributed by atoms with Crippen molar-refractivity contribution in [3.05, 3.63) is 60.4 Å². The van der Waals surface area contributed by atoms with Gasteiger partial charge < -0.3 is 24.8 Å². The first-order chi connectivity index (χ1) is 12.6. The minimum Gasteiger partial charge on any atom is -0.459 e. The molecule has 0 bridgehead atoms. The van der Waals surface area contributed by atoms with Crippen LogP contribution < -0.4 is 4.74 Å². The molecule has 1 unspecified atom stereocenters. The first-order valence-corrected chi connectivity index (χ1v) is 9.14. The second-order valence-corrected chi connectivity index (χ2v) is 7.40. The molecule has 0 saturated carbocycles. The van der Waals surface area contributed by atoms with E-state index in [0.29, 0.717) is 0 Å². The highest BCUT2D eigenvalue weighted by atomic mass is 32.2.